The van der Waals surface area contributed by atoms with Crippen LogP contribution in [0.15, 0.2) is 28.8 Å². The molecule has 2 rings (SSSR count). The molecular weight excluding hydrogens is 230 g/mol. The van der Waals surface area contributed by atoms with Crippen LogP contribution in [0.2, 0.25) is 5.02 Å². The first-order valence-electron chi connectivity index (χ1n) is 4.55. The molecule has 1 heterocycles. The van der Waals surface area contributed by atoms with Crippen LogP contribution >= 0.6 is 11.6 Å². The average Bonchev–Trinajstić information content (AvgIpc) is 2.61. The Hall–Kier alpha value is -1.81. The van der Waals surface area contributed by atoms with E-state index in [9.17, 15) is 4.79 Å². The first-order valence-corrected chi connectivity index (χ1v) is 4.93. The van der Waals surface area contributed by atoms with E-state index < -0.39 is 5.97 Å². The van der Waals surface area contributed by atoms with Crippen LogP contribution in [0.4, 0.5) is 0 Å². The zero-order valence-corrected chi connectivity index (χ0v) is 9.15. The van der Waals surface area contributed by atoms with Gasteiger partial charge in [0.25, 0.3) is 0 Å². The lowest BCUT2D eigenvalue weighted by molar-refractivity contribution is 0.0696. The second-order valence-electron chi connectivity index (χ2n) is 3.28. The third-order valence-electron chi connectivity index (χ3n) is 2.18. The van der Waals surface area contributed by atoms with Crippen molar-refractivity contribution in [2.75, 3.05) is 0 Å². The molecule has 1 aromatic carbocycles. The van der Waals surface area contributed by atoms with Crippen LogP contribution in [0.3, 0.4) is 0 Å². The summed E-state index contributed by atoms with van der Waals surface area (Å²) in [6.45, 7) is 1.59. The number of hydrogen-bond acceptors (Lipinski definition) is 3. The fourth-order valence-electron chi connectivity index (χ4n) is 1.42. The maximum atomic E-state index is 11.0. The Morgan fingerprint density at radius 3 is 2.56 bits per heavy atom. The van der Waals surface area contributed by atoms with Crippen molar-refractivity contribution >= 4 is 17.6 Å². The molecule has 0 amide bonds. The lowest BCUT2D eigenvalue weighted by atomic mass is 10.1. The second-order valence-corrected chi connectivity index (χ2v) is 3.72. The van der Waals surface area contributed by atoms with E-state index in [2.05, 4.69) is 5.16 Å². The van der Waals surface area contributed by atoms with Gasteiger partial charge in [0.2, 0.25) is 0 Å². The van der Waals surface area contributed by atoms with E-state index in [4.69, 9.17) is 21.2 Å². The Bertz CT molecular complexity index is 531. The van der Waals surface area contributed by atoms with Gasteiger partial charge in [0.15, 0.2) is 5.76 Å². The highest BCUT2D eigenvalue weighted by atomic mass is 35.5. The minimum Gasteiger partial charge on any atom is -0.477 e. The van der Waals surface area contributed by atoms with Gasteiger partial charge in [-0.05, 0) is 31.2 Å². The number of carboxylic acid groups (broad SMARTS) is 1. The number of carbonyl (C=O) groups is 1. The lowest BCUT2D eigenvalue weighted by Gasteiger charge is -1.98. The molecule has 1 aromatic heterocycles. The average molecular weight is 238 g/mol. The number of carboxylic acids is 1. The van der Waals surface area contributed by atoms with Gasteiger partial charge in [-0.2, -0.15) is 0 Å². The van der Waals surface area contributed by atoms with E-state index in [1.54, 1.807) is 31.2 Å². The molecule has 0 saturated carbocycles. The highest BCUT2D eigenvalue weighted by Gasteiger charge is 2.20. The van der Waals surface area contributed by atoms with Crippen LogP contribution in [0.5, 0.6) is 0 Å². The minimum atomic E-state index is -1.05. The molecule has 16 heavy (non-hydrogen) atoms. The van der Waals surface area contributed by atoms with Gasteiger partial charge in [0.1, 0.15) is 5.56 Å². The summed E-state index contributed by atoms with van der Waals surface area (Å²) in [4.78, 5) is 11.0. The molecule has 0 unspecified atom stereocenters. The topological polar surface area (TPSA) is 63.3 Å². The van der Waals surface area contributed by atoms with Crippen LogP contribution in [0.25, 0.3) is 11.3 Å². The Morgan fingerprint density at radius 2 is 2.00 bits per heavy atom. The molecule has 0 fully saturated rings. The molecule has 0 bridgehead atoms. The van der Waals surface area contributed by atoms with E-state index in [1.807, 2.05) is 0 Å². The Labute approximate surface area is 96.4 Å². The van der Waals surface area contributed by atoms with E-state index >= 15 is 0 Å². The molecule has 4 nitrogen and oxygen atoms in total. The predicted molar refractivity (Wildman–Crippen MR) is 58.6 cm³/mol. The molecule has 0 aliphatic rings. The number of nitrogens with zero attached hydrogens (tertiary/aromatic N) is 1. The van der Waals surface area contributed by atoms with Gasteiger partial charge in [-0.25, -0.2) is 4.79 Å². The van der Waals surface area contributed by atoms with Gasteiger partial charge >= 0.3 is 5.97 Å². The maximum absolute atomic E-state index is 11.0. The van der Waals surface area contributed by atoms with Gasteiger partial charge < -0.3 is 9.63 Å². The van der Waals surface area contributed by atoms with Crippen molar-refractivity contribution in [2.24, 2.45) is 0 Å². The standard InChI is InChI=1S/C11H8ClNO3/c1-6-9(11(14)15)10(16-13-6)7-2-4-8(12)5-3-7/h2-5H,1H3,(H,14,15). The van der Waals surface area contributed by atoms with E-state index in [0.29, 0.717) is 16.3 Å². The Kier molecular flexibility index (Phi) is 2.66. The van der Waals surface area contributed by atoms with Crippen molar-refractivity contribution in [3.8, 4) is 11.3 Å². The van der Waals surface area contributed by atoms with Crippen molar-refractivity contribution in [2.45, 2.75) is 6.92 Å². The van der Waals surface area contributed by atoms with Crippen molar-refractivity contribution in [3.63, 3.8) is 0 Å². The van der Waals surface area contributed by atoms with E-state index in [-0.39, 0.29) is 11.3 Å². The summed E-state index contributed by atoms with van der Waals surface area (Å²) in [5.74, 6) is -0.801. The number of hydrogen-bond donors (Lipinski definition) is 1. The van der Waals surface area contributed by atoms with E-state index in [0.717, 1.165) is 0 Å². The molecule has 5 heteroatoms. The van der Waals surface area contributed by atoms with Gasteiger partial charge in [-0.15, -0.1) is 0 Å². The zero-order valence-electron chi connectivity index (χ0n) is 8.40. The Morgan fingerprint density at radius 1 is 1.38 bits per heavy atom. The predicted octanol–water partition coefficient (Wildman–Crippen LogP) is 3.00. The molecule has 0 saturated heterocycles. The van der Waals surface area contributed by atoms with Crippen LogP contribution in [-0.4, -0.2) is 16.2 Å². The van der Waals surface area contributed by atoms with E-state index in [1.165, 1.54) is 0 Å². The monoisotopic (exact) mass is 237 g/mol. The van der Waals surface area contributed by atoms with Crippen molar-refractivity contribution < 1.29 is 14.4 Å². The largest absolute Gasteiger partial charge is 0.477 e. The molecule has 82 valence electrons. The summed E-state index contributed by atoms with van der Waals surface area (Å²) in [6, 6.07) is 6.71. The third-order valence-corrected chi connectivity index (χ3v) is 2.43. The van der Waals surface area contributed by atoms with Gasteiger partial charge in [0, 0.05) is 10.6 Å². The molecule has 0 aliphatic heterocycles. The molecule has 1 N–H and O–H groups in total. The maximum Gasteiger partial charge on any atom is 0.341 e. The Balaban J connectivity index is 2.56. The van der Waals surface area contributed by atoms with Gasteiger partial charge in [-0.1, -0.05) is 16.8 Å². The van der Waals surface area contributed by atoms with Crippen LogP contribution < -0.4 is 0 Å². The first kappa shape index (κ1) is 10.7. The van der Waals surface area contributed by atoms with Gasteiger partial charge in [0.05, 0.1) is 5.69 Å². The van der Waals surface area contributed by atoms with Crippen LogP contribution in [0, 0.1) is 6.92 Å². The molecule has 0 spiro atoms. The normalized spacial score (nSPS) is 10.4. The molecular formula is C11H8ClNO3. The zero-order chi connectivity index (χ0) is 11.7. The number of benzene rings is 1. The number of aryl methyl sites for hydroxylation is 1. The number of aromatic nitrogens is 1. The van der Waals surface area contributed by atoms with Crippen molar-refractivity contribution in [1.29, 1.82) is 0 Å². The number of halogens is 1. The quantitative estimate of drug-likeness (QED) is 0.872. The fraction of sp³-hybridized carbons (Fsp3) is 0.0909. The SMILES string of the molecule is Cc1noc(-c2ccc(Cl)cc2)c1C(=O)O. The summed E-state index contributed by atoms with van der Waals surface area (Å²) in [7, 11) is 0. The number of rotatable bonds is 2. The summed E-state index contributed by atoms with van der Waals surface area (Å²) in [6.07, 6.45) is 0. The van der Waals surface area contributed by atoms with Crippen LogP contribution in [-0.2, 0) is 0 Å². The van der Waals surface area contributed by atoms with Gasteiger partial charge in [-0.3, -0.25) is 0 Å². The highest BCUT2D eigenvalue weighted by Crippen LogP contribution is 2.27. The van der Waals surface area contributed by atoms with Crippen molar-refractivity contribution in [1.82, 2.24) is 5.16 Å². The fourth-order valence-corrected chi connectivity index (χ4v) is 1.55. The lowest BCUT2D eigenvalue weighted by Crippen LogP contribution is -1.98. The molecule has 0 atom stereocenters. The summed E-state index contributed by atoms with van der Waals surface area (Å²) in [5.41, 5.74) is 1.09. The van der Waals surface area contributed by atoms with Crippen LogP contribution in [0.1, 0.15) is 16.1 Å². The molecule has 2 aromatic rings. The molecule has 0 radical (unpaired) electrons. The molecule has 0 aliphatic carbocycles. The minimum absolute atomic E-state index is 0.0855. The highest BCUT2D eigenvalue weighted by molar-refractivity contribution is 6.30. The number of aromatic carboxylic acids is 1. The third kappa shape index (κ3) is 1.79. The summed E-state index contributed by atoms with van der Waals surface area (Å²) in [5, 5.41) is 13.3. The summed E-state index contributed by atoms with van der Waals surface area (Å²) >= 11 is 5.74. The second kappa shape index (κ2) is 3.98. The smallest absolute Gasteiger partial charge is 0.341 e. The van der Waals surface area contributed by atoms with Crippen molar-refractivity contribution in [3.05, 3.63) is 40.5 Å². The summed E-state index contributed by atoms with van der Waals surface area (Å²) < 4.78 is 5.01. The first-order chi connectivity index (χ1) is 7.59.